The van der Waals surface area contributed by atoms with E-state index in [1.165, 1.54) is 24.3 Å². The van der Waals surface area contributed by atoms with Gasteiger partial charge in [0.25, 0.3) is 0 Å². The minimum Gasteiger partial charge on any atom is -0.493 e. The molecular formula is C29H28F3N7O2. The van der Waals surface area contributed by atoms with Crippen LogP contribution >= 0.6 is 0 Å². The molecule has 9 nitrogen and oxygen atoms in total. The zero-order chi connectivity index (χ0) is 28.7. The Morgan fingerprint density at radius 1 is 1.05 bits per heavy atom. The third-order valence-electron chi connectivity index (χ3n) is 7.21. The Hall–Kier alpha value is -4.61. The molecule has 0 bridgehead atoms. The van der Waals surface area contributed by atoms with Crippen molar-refractivity contribution in [1.82, 2.24) is 29.3 Å². The molecule has 0 N–H and O–H groups in total. The molecule has 6 rings (SSSR count). The molecule has 0 unspecified atom stereocenters. The maximum Gasteiger partial charge on any atom is 0.435 e. The molecule has 3 aromatic heterocycles. The van der Waals surface area contributed by atoms with E-state index in [0.29, 0.717) is 55.2 Å². The number of alkyl halides is 3. The number of methoxy groups -OCH3 is 1. The third kappa shape index (κ3) is 5.05. The topological polar surface area (TPSA) is 83.1 Å². The maximum atomic E-state index is 14.0. The van der Waals surface area contributed by atoms with Gasteiger partial charge in [0.2, 0.25) is 0 Å². The van der Waals surface area contributed by atoms with E-state index in [1.54, 1.807) is 19.6 Å². The fraction of sp³-hybridized carbons (Fsp3) is 0.310. The fourth-order valence-corrected chi connectivity index (χ4v) is 5.49. The standard InChI is InChI=1S/C29H28F3N7O2/c1-4-41-26-11-22-24(12-25(26)40-3)34-16-35-28(22)39-7-5-20-19(14-39)9-18(13-38-8-6-33-17-38)10-21(20)23-15-37(2)36-27(23)29(30,31)32/h6,8-12,15-17H,4-5,7,13-14H2,1-3H3. The first-order valence-corrected chi connectivity index (χ1v) is 13.2. The number of imidazole rings is 1. The van der Waals surface area contributed by atoms with Crippen LogP contribution in [0.3, 0.4) is 0 Å². The van der Waals surface area contributed by atoms with Crippen molar-refractivity contribution in [1.29, 1.82) is 0 Å². The van der Waals surface area contributed by atoms with E-state index >= 15 is 0 Å². The summed E-state index contributed by atoms with van der Waals surface area (Å²) in [7, 11) is 3.09. The molecule has 5 aromatic rings. The fourth-order valence-electron chi connectivity index (χ4n) is 5.49. The molecule has 41 heavy (non-hydrogen) atoms. The highest BCUT2D eigenvalue weighted by atomic mass is 19.4. The molecular weight excluding hydrogens is 535 g/mol. The third-order valence-corrected chi connectivity index (χ3v) is 7.21. The van der Waals surface area contributed by atoms with E-state index in [0.717, 1.165) is 27.9 Å². The number of benzene rings is 2. The van der Waals surface area contributed by atoms with Crippen molar-refractivity contribution in [2.45, 2.75) is 32.6 Å². The summed E-state index contributed by atoms with van der Waals surface area (Å²) in [6, 6.07) is 7.62. The van der Waals surface area contributed by atoms with Gasteiger partial charge in [0.15, 0.2) is 17.2 Å². The number of anilines is 1. The Labute approximate surface area is 234 Å². The summed E-state index contributed by atoms with van der Waals surface area (Å²) in [4.78, 5) is 15.3. The number of fused-ring (bicyclic) bond motifs is 2. The summed E-state index contributed by atoms with van der Waals surface area (Å²) < 4.78 is 56.5. The Balaban J connectivity index is 1.46. The van der Waals surface area contributed by atoms with E-state index in [-0.39, 0.29) is 5.56 Å². The summed E-state index contributed by atoms with van der Waals surface area (Å²) in [5.41, 5.74) is 3.14. The lowest BCUT2D eigenvalue weighted by molar-refractivity contribution is -0.140. The number of nitrogens with zero attached hydrogens (tertiary/aromatic N) is 7. The molecule has 212 valence electrons. The van der Waals surface area contributed by atoms with Crippen LogP contribution < -0.4 is 14.4 Å². The molecule has 12 heteroatoms. The van der Waals surface area contributed by atoms with Crippen LogP contribution in [-0.4, -0.2) is 49.6 Å². The number of hydrogen-bond donors (Lipinski definition) is 0. The van der Waals surface area contributed by atoms with Crippen LogP contribution in [0.4, 0.5) is 19.0 Å². The van der Waals surface area contributed by atoms with Gasteiger partial charge in [-0.3, -0.25) is 4.68 Å². The van der Waals surface area contributed by atoms with E-state index < -0.39 is 11.9 Å². The van der Waals surface area contributed by atoms with Crippen molar-refractivity contribution < 1.29 is 22.6 Å². The van der Waals surface area contributed by atoms with Crippen LogP contribution in [0, 0.1) is 0 Å². The summed E-state index contributed by atoms with van der Waals surface area (Å²) in [6.07, 6.45) is 4.11. The summed E-state index contributed by atoms with van der Waals surface area (Å²) >= 11 is 0. The first kappa shape index (κ1) is 26.6. The first-order chi connectivity index (χ1) is 19.7. The minimum atomic E-state index is -4.58. The summed E-state index contributed by atoms with van der Waals surface area (Å²) in [5.74, 6) is 1.90. The number of aryl methyl sites for hydroxylation is 1. The van der Waals surface area contributed by atoms with Crippen molar-refractivity contribution in [3.05, 3.63) is 77.9 Å². The van der Waals surface area contributed by atoms with Gasteiger partial charge in [0, 0.05) is 62.3 Å². The van der Waals surface area contributed by atoms with Crippen molar-refractivity contribution >= 4 is 16.7 Å². The first-order valence-electron chi connectivity index (χ1n) is 13.2. The van der Waals surface area contributed by atoms with Crippen molar-refractivity contribution in [2.24, 2.45) is 7.05 Å². The van der Waals surface area contributed by atoms with Gasteiger partial charge in [0.1, 0.15) is 12.1 Å². The summed E-state index contributed by atoms with van der Waals surface area (Å²) in [6.45, 7) is 3.86. The van der Waals surface area contributed by atoms with Crippen LogP contribution in [0.1, 0.15) is 29.3 Å². The van der Waals surface area contributed by atoms with Gasteiger partial charge in [-0.1, -0.05) is 6.07 Å². The molecule has 0 aliphatic carbocycles. The zero-order valence-electron chi connectivity index (χ0n) is 22.8. The van der Waals surface area contributed by atoms with E-state index in [4.69, 9.17) is 9.47 Å². The highest BCUT2D eigenvalue weighted by molar-refractivity contribution is 5.92. The van der Waals surface area contributed by atoms with Gasteiger partial charge < -0.3 is 18.9 Å². The number of halogens is 3. The predicted molar refractivity (Wildman–Crippen MR) is 147 cm³/mol. The van der Waals surface area contributed by atoms with Gasteiger partial charge in [-0.05, 0) is 47.7 Å². The van der Waals surface area contributed by atoms with Gasteiger partial charge in [-0.25, -0.2) is 15.0 Å². The smallest absolute Gasteiger partial charge is 0.435 e. The van der Waals surface area contributed by atoms with Gasteiger partial charge in [-0.2, -0.15) is 18.3 Å². The van der Waals surface area contributed by atoms with Gasteiger partial charge in [-0.15, -0.1) is 0 Å². The molecule has 0 saturated heterocycles. The second-order valence-corrected chi connectivity index (χ2v) is 9.90. The summed E-state index contributed by atoms with van der Waals surface area (Å²) in [5, 5.41) is 4.58. The van der Waals surface area contributed by atoms with Crippen LogP contribution in [0.25, 0.3) is 22.0 Å². The highest BCUT2D eigenvalue weighted by Crippen LogP contribution is 2.41. The second-order valence-electron chi connectivity index (χ2n) is 9.90. The lowest BCUT2D eigenvalue weighted by atomic mass is 9.88. The minimum absolute atomic E-state index is 0.0816. The number of aromatic nitrogens is 6. The Kier molecular flexibility index (Phi) is 6.76. The average molecular weight is 564 g/mol. The van der Waals surface area contributed by atoms with Crippen LogP contribution in [-0.2, 0) is 32.7 Å². The SMILES string of the molecule is CCOc1cc2c(N3CCc4c(cc(Cn5ccnc5)cc4-c4cn(C)nc4C(F)(F)F)C3)ncnc2cc1OC. The molecule has 0 saturated carbocycles. The molecule has 4 heterocycles. The largest absolute Gasteiger partial charge is 0.493 e. The highest BCUT2D eigenvalue weighted by Gasteiger charge is 2.38. The zero-order valence-corrected chi connectivity index (χ0v) is 22.8. The molecule has 0 amide bonds. The van der Waals surface area contributed by atoms with Crippen molar-refractivity contribution in [3.63, 3.8) is 0 Å². The number of rotatable bonds is 7. The molecule has 0 spiro atoms. The maximum absolute atomic E-state index is 14.0. The molecule has 2 aromatic carbocycles. The van der Waals surface area contributed by atoms with Crippen molar-refractivity contribution in [3.8, 4) is 22.6 Å². The molecule has 0 fully saturated rings. The van der Waals surface area contributed by atoms with Crippen LogP contribution in [0.15, 0.2) is 55.5 Å². The quantitative estimate of drug-likeness (QED) is 0.267. The van der Waals surface area contributed by atoms with Crippen LogP contribution in [0.5, 0.6) is 11.5 Å². The Morgan fingerprint density at radius 2 is 1.90 bits per heavy atom. The Morgan fingerprint density at radius 3 is 2.63 bits per heavy atom. The lowest BCUT2D eigenvalue weighted by Gasteiger charge is -2.32. The lowest BCUT2D eigenvalue weighted by Crippen LogP contribution is -2.32. The molecule has 0 atom stereocenters. The average Bonchev–Trinajstić information content (AvgIpc) is 3.61. The number of ether oxygens (including phenoxy) is 2. The normalized spacial score (nSPS) is 13.5. The predicted octanol–water partition coefficient (Wildman–Crippen LogP) is 5.26. The van der Waals surface area contributed by atoms with Gasteiger partial charge in [0.05, 0.1) is 25.6 Å². The van der Waals surface area contributed by atoms with Crippen LogP contribution in [0.2, 0.25) is 0 Å². The molecule has 1 aliphatic heterocycles. The van der Waals surface area contributed by atoms with E-state index in [2.05, 4.69) is 31.0 Å². The van der Waals surface area contributed by atoms with Crippen molar-refractivity contribution in [2.75, 3.05) is 25.2 Å². The van der Waals surface area contributed by atoms with E-state index in [9.17, 15) is 13.2 Å². The monoisotopic (exact) mass is 563 g/mol. The number of hydrogen-bond acceptors (Lipinski definition) is 7. The van der Waals surface area contributed by atoms with E-state index in [1.807, 2.05) is 35.9 Å². The molecule has 0 radical (unpaired) electrons. The van der Waals surface area contributed by atoms with Gasteiger partial charge >= 0.3 is 6.18 Å². The second kappa shape index (κ2) is 10.4. The molecule has 1 aliphatic rings. The Bertz CT molecular complexity index is 1710.